The van der Waals surface area contributed by atoms with Crippen LogP contribution in [0.3, 0.4) is 0 Å². The fourth-order valence-corrected chi connectivity index (χ4v) is 3.16. The Morgan fingerprint density at radius 1 is 1.13 bits per heavy atom. The molecule has 4 rings (SSSR count). The topological polar surface area (TPSA) is 77.0 Å². The van der Waals surface area contributed by atoms with Gasteiger partial charge in [-0.3, -0.25) is 4.68 Å². The lowest BCUT2D eigenvalue weighted by Gasteiger charge is -2.30. The normalized spacial score (nSPS) is 17.1. The van der Waals surface area contributed by atoms with Crippen LogP contribution in [0.4, 0.5) is 0 Å². The molecule has 23 heavy (non-hydrogen) atoms. The van der Waals surface area contributed by atoms with Crippen LogP contribution in [0, 0.1) is 6.92 Å². The van der Waals surface area contributed by atoms with Crippen molar-refractivity contribution in [3.8, 4) is 0 Å². The molecular weight excluding hydrogens is 292 g/mol. The van der Waals surface area contributed by atoms with Crippen LogP contribution in [-0.4, -0.2) is 59.1 Å². The van der Waals surface area contributed by atoms with Crippen molar-refractivity contribution in [3.63, 3.8) is 0 Å². The molecule has 8 nitrogen and oxygen atoms in total. The smallest absolute Gasteiger partial charge is 0.177 e. The first-order valence-corrected chi connectivity index (χ1v) is 8.03. The maximum absolute atomic E-state index is 4.56. The number of hydrogen-bond acceptors (Lipinski definition) is 6. The Bertz CT molecular complexity index is 770. The highest BCUT2D eigenvalue weighted by atomic mass is 15.4. The molecule has 0 aliphatic carbocycles. The summed E-state index contributed by atoms with van der Waals surface area (Å²) in [6, 6.07) is 3.95. The van der Waals surface area contributed by atoms with Gasteiger partial charge in [0.25, 0.3) is 0 Å². The molecule has 0 radical (unpaired) electrons. The van der Waals surface area contributed by atoms with Crippen molar-refractivity contribution in [1.82, 2.24) is 39.5 Å². The number of likely N-dealkylation sites (tertiary alicyclic amines) is 1. The minimum atomic E-state index is 0.432. The summed E-state index contributed by atoms with van der Waals surface area (Å²) in [6.45, 7) is 6.03. The van der Waals surface area contributed by atoms with Gasteiger partial charge in [-0.05, 0) is 45.0 Å². The van der Waals surface area contributed by atoms with Crippen molar-refractivity contribution >= 4 is 5.65 Å². The van der Waals surface area contributed by atoms with E-state index in [9.17, 15) is 0 Å². The SMILES string of the molecule is Cc1ccc2nnc(C3CCN(CCn4cncn4)CC3)n2n1. The van der Waals surface area contributed by atoms with Crippen molar-refractivity contribution in [1.29, 1.82) is 0 Å². The second-order valence-corrected chi connectivity index (χ2v) is 6.08. The standard InChI is InChI=1S/C15H20N8/c1-12-2-3-14-18-19-15(23(14)20-12)13-4-6-21(7-5-13)8-9-22-11-16-10-17-22/h2-3,10-11,13H,4-9H2,1H3. The molecule has 4 heterocycles. The average molecular weight is 312 g/mol. The summed E-state index contributed by atoms with van der Waals surface area (Å²) in [5, 5.41) is 17.3. The molecule has 120 valence electrons. The van der Waals surface area contributed by atoms with E-state index in [2.05, 4.69) is 30.3 Å². The number of nitrogens with zero attached hydrogens (tertiary/aromatic N) is 8. The van der Waals surface area contributed by atoms with Gasteiger partial charge in [-0.1, -0.05) is 0 Å². The van der Waals surface area contributed by atoms with Crippen molar-refractivity contribution < 1.29 is 0 Å². The van der Waals surface area contributed by atoms with Gasteiger partial charge in [0.2, 0.25) is 0 Å². The second-order valence-electron chi connectivity index (χ2n) is 6.08. The van der Waals surface area contributed by atoms with Crippen LogP contribution >= 0.6 is 0 Å². The van der Waals surface area contributed by atoms with Gasteiger partial charge >= 0.3 is 0 Å². The Morgan fingerprint density at radius 2 is 2.00 bits per heavy atom. The van der Waals surface area contributed by atoms with E-state index in [1.165, 1.54) is 0 Å². The number of hydrogen-bond donors (Lipinski definition) is 0. The van der Waals surface area contributed by atoms with Crippen LogP contribution in [0.25, 0.3) is 5.65 Å². The van der Waals surface area contributed by atoms with Gasteiger partial charge in [-0.15, -0.1) is 10.2 Å². The lowest BCUT2D eigenvalue weighted by atomic mass is 9.96. The fraction of sp³-hybridized carbons (Fsp3) is 0.533. The third-order valence-corrected chi connectivity index (χ3v) is 4.48. The Kier molecular flexibility index (Phi) is 3.74. The molecule has 3 aromatic rings. The first kappa shape index (κ1) is 14.3. The molecule has 0 bridgehead atoms. The molecule has 3 aromatic heterocycles. The van der Waals surface area contributed by atoms with Crippen molar-refractivity contribution in [2.45, 2.75) is 32.2 Å². The molecule has 8 heteroatoms. The molecule has 1 fully saturated rings. The van der Waals surface area contributed by atoms with Crippen molar-refractivity contribution in [2.75, 3.05) is 19.6 Å². The van der Waals surface area contributed by atoms with Crippen LogP contribution in [-0.2, 0) is 6.54 Å². The van der Waals surface area contributed by atoms with Gasteiger partial charge < -0.3 is 4.90 Å². The first-order valence-electron chi connectivity index (χ1n) is 8.03. The summed E-state index contributed by atoms with van der Waals surface area (Å²) in [5.74, 6) is 1.43. The zero-order chi connectivity index (χ0) is 15.6. The summed E-state index contributed by atoms with van der Waals surface area (Å²) in [6.07, 6.45) is 5.53. The molecule has 1 aliphatic heterocycles. The zero-order valence-corrected chi connectivity index (χ0v) is 13.2. The average Bonchev–Trinajstić information content (AvgIpc) is 3.22. The minimum Gasteiger partial charge on any atom is -0.301 e. The molecule has 0 atom stereocenters. The third kappa shape index (κ3) is 2.94. The van der Waals surface area contributed by atoms with Crippen molar-refractivity contribution in [3.05, 3.63) is 36.3 Å². The Balaban J connectivity index is 1.39. The second kappa shape index (κ2) is 6.04. The predicted molar refractivity (Wildman–Crippen MR) is 84.0 cm³/mol. The van der Waals surface area contributed by atoms with Crippen LogP contribution in [0.2, 0.25) is 0 Å². The maximum Gasteiger partial charge on any atom is 0.177 e. The van der Waals surface area contributed by atoms with E-state index in [4.69, 9.17) is 0 Å². The van der Waals surface area contributed by atoms with E-state index in [1.54, 1.807) is 12.7 Å². The summed E-state index contributed by atoms with van der Waals surface area (Å²) in [4.78, 5) is 6.45. The van der Waals surface area contributed by atoms with Crippen molar-refractivity contribution in [2.24, 2.45) is 0 Å². The van der Waals surface area contributed by atoms with E-state index in [0.717, 1.165) is 56.2 Å². The summed E-state index contributed by atoms with van der Waals surface area (Å²) in [7, 11) is 0. The van der Waals surface area contributed by atoms with Crippen LogP contribution in [0.5, 0.6) is 0 Å². The van der Waals surface area contributed by atoms with Crippen LogP contribution in [0.1, 0.15) is 30.3 Å². The van der Waals surface area contributed by atoms with Gasteiger partial charge in [0.1, 0.15) is 12.7 Å². The number of aromatic nitrogens is 7. The Labute approximate surface area is 134 Å². The highest BCUT2D eigenvalue weighted by Gasteiger charge is 2.24. The highest BCUT2D eigenvalue weighted by molar-refractivity contribution is 5.36. The fourth-order valence-electron chi connectivity index (χ4n) is 3.16. The first-order chi connectivity index (χ1) is 11.3. The van der Waals surface area contributed by atoms with E-state index < -0.39 is 0 Å². The summed E-state index contributed by atoms with van der Waals surface area (Å²) in [5.41, 5.74) is 1.82. The van der Waals surface area contributed by atoms with E-state index >= 15 is 0 Å². The number of rotatable bonds is 4. The number of piperidine rings is 1. The summed E-state index contributed by atoms with van der Waals surface area (Å²) >= 11 is 0. The van der Waals surface area contributed by atoms with E-state index in [1.807, 2.05) is 28.3 Å². The van der Waals surface area contributed by atoms with Crippen LogP contribution < -0.4 is 0 Å². The number of fused-ring (bicyclic) bond motifs is 1. The molecule has 0 N–H and O–H groups in total. The van der Waals surface area contributed by atoms with Crippen LogP contribution in [0.15, 0.2) is 24.8 Å². The molecule has 1 saturated heterocycles. The lowest BCUT2D eigenvalue weighted by Crippen LogP contribution is -2.35. The zero-order valence-electron chi connectivity index (χ0n) is 13.2. The third-order valence-electron chi connectivity index (χ3n) is 4.48. The minimum absolute atomic E-state index is 0.432. The molecule has 1 aliphatic rings. The van der Waals surface area contributed by atoms with E-state index in [0.29, 0.717) is 5.92 Å². The molecule has 0 aromatic carbocycles. The number of aryl methyl sites for hydroxylation is 1. The lowest BCUT2D eigenvalue weighted by molar-refractivity contribution is 0.199. The predicted octanol–water partition coefficient (Wildman–Crippen LogP) is 0.904. The molecule has 0 spiro atoms. The monoisotopic (exact) mass is 312 g/mol. The molecule has 0 saturated carbocycles. The van der Waals surface area contributed by atoms with E-state index in [-0.39, 0.29) is 0 Å². The largest absolute Gasteiger partial charge is 0.301 e. The van der Waals surface area contributed by atoms with Gasteiger partial charge in [-0.25, -0.2) is 4.98 Å². The Hall–Kier alpha value is -2.35. The Morgan fingerprint density at radius 3 is 2.78 bits per heavy atom. The van der Waals surface area contributed by atoms with Gasteiger partial charge in [0.15, 0.2) is 11.5 Å². The molecule has 0 unspecified atom stereocenters. The highest BCUT2D eigenvalue weighted by Crippen LogP contribution is 2.26. The van der Waals surface area contributed by atoms with Gasteiger partial charge in [0, 0.05) is 12.5 Å². The van der Waals surface area contributed by atoms with Gasteiger partial charge in [-0.2, -0.15) is 14.7 Å². The van der Waals surface area contributed by atoms with Gasteiger partial charge in [0.05, 0.1) is 12.2 Å². The molecular formula is C15H20N8. The molecule has 0 amide bonds. The maximum atomic E-state index is 4.56. The summed E-state index contributed by atoms with van der Waals surface area (Å²) < 4.78 is 3.79. The quantitative estimate of drug-likeness (QED) is 0.712.